The first-order valence-electron chi connectivity index (χ1n) is 11.9. The van der Waals surface area contributed by atoms with Crippen LogP contribution >= 0.6 is 0 Å². The monoisotopic (exact) mass is 483 g/mol. The minimum Gasteiger partial charge on any atom is -0.493 e. The molecule has 1 saturated heterocycles. The number of nitrogens with one attached hydrogen (secondary N) is 1. The summed E-state index contributed by atoms with van der Waals surface area (Å²) in [5.74, 6) is 1.73. The van der Waals surface area contributed by atoms with Gasteiger partial charge in [-0.15, -0.1) is 0 Å². The quantitative estimate of drug-likeness (QED) is 0.587. The molecule has 2 amide bonds. The van der Waals surface area contributed by atoms with Gasteiger partial charge in [-0.3, -0.25) is 14.5 Å². The van der Waals surface area contributed by atoms with Crippen LogP contribution in [0.1, 0.15) is 18.9 Å². The molecule has 0 aliphatic carbocycles. The maximum absolute atomic E-state index is 12.9. The molecule has 2 aromatic carbocycles. The number of amides is 2. The van der Waals surface area contributed by atoms with E-state index in [1.165, 1.54) is 0 Å². The lowest BCUT2D eigenvalue weighted by Gasteiger charge is -2.35. The molecule has 0 saturated carbocycles. The summed E-state index contributed by atoms with van der Waals surface area (Å²) in [5, 5.41) is 2.95. The first kappa shape index (κ1) is 24.8. The van der Waals surface area contributed by atoms with Crippen molar-refractivity contribution in [2.75, 3.05) is 63.8 Å². The zero-order valence-electron chi connectivity index (χ0n) is 20.5. The van der Waals surface area contributed by atoms with Gasteiger partial charge >= 0.3 is 0 Å². The van der Waals surface area contributed by atoms with Crippen molar-refractivity contribution in [2.24, 2.45) is 0 Å². The highest BCUT2D eigenvalue weighted by molar-refractivity contribution is 6.01. The molecule has 0 spiro atoms. The highest BCUT2D eigenvalue weighted by atomic mass is 16.5. The van der Waals surface area contributed by atoms with Crippen molar-refractivity contribution < 1.29 is 28.5 Å². The van der Waals surface area contributed by atoms with Crippen LogP contribution in [-0.4, -0.2) is 76.4 Å². The lowest BCUT2D eigenvalue weighted by molar-refractivity contribution is -0.125. The number of rotatable bonds is 9. The maximum atomic E-state index is 12.9. The molecule has 188 valence electrons. The molecule has 2 aliphatic heterocycles. The Bertz CT molecular complexity index is 1050. The number of benzene rings is 2. The number of morpholine rings is 1. The van der Waals surface area contributed by atoms with Crippen molar-refractivity contribution in [3.8, 4) is 17.2 Å². The highest BCUT2D eigenvalue weighted by Crippen LogP contribution is 2.36. The Balaban J connectivity index is 1.40. The van der Waals surface area contributed by atoms with Crippen molar-refractivity contribution in [2.45, 2.75) is 25.9 Å². The van der Waals surface area contributed by atoms with Gasteiger partial charge in [0.05, 0.1) is 33.1 Å². The van der Waals surface area contributed by atoms with Crippen LogP contribution in [0.15, 0.2) is 36.4 Å². The van der Waals surface area contributed by atoms with Crippen LogP contribution in [0, 0.1) is 0 Å². The van der Waals surface area contributed by atoms with E-state index in [0.29, 0.717) is 61.2 Å². The van der Waals surface area contributed by atoms with Crippen LogP contribution in [-0.2, 0) is 20.7 Å². The van der Waals surface area contributed by atoms with Gasteiger partial charge in [-0.1, -0.05) is 6.07 Å². The number of ether oxygens (including phenoxy) is 4. The third kappa shape index (κ3) is 6.04. The molecule has 35 heavy (non-hydrogen) atoms. The first-order chi connectivity index (χ1) is 17.0. The van der Waals surface area contributed by atoms with E-state index in [4.69, 9.17) is 18.9 Å². The average Bonchev–Trinajstić information content (AvgIpc) is 2.88. The molecular weight excluding hydrogens is 450 g/mol. The normalized spacial score (nSPS) is 18.0. The molecule has 0 bridgehead atoms. The minimum atomic E-state index is -0.547. The number of nitrogens with zero attached hydrogens (tertiary/aromatic N) is 2. The lowest BCUT2D eigenvalue weighted by Crippen LogP contribution is -2.48. The summed E-state index contributed by atoms with van der Waals surface area (Å²) in [6.07, 6.45) is 0.316. The third-order valence-corrected chi connectivity index (χ3v) is 6.28. The van der Waals surface area contributed by atoms with E-state index < -0.39 is 6.10 Å². The number of fused-ring (bicyclic) bond motifs is 1. The molecule has 2 aromatic rings. The van der Waals surface area contributed by atoms with Crippen LogP contribution in [0.5, 0.6) is 17.2 Å². The van der Waals surface area contributed by atoms with E-state index in [9.17, 15) is 9.59 Å². The largest absolute Gasteiger partial charge is 0.493 e. The van der Waals surface area contributed by atoms with Gasteiger partial charge in [0.2, 0.25) is 5.91 Å². The SMILES string of the molecule is COc1ccc(CCC(=O)Nc2ccc3c(c2)N(CCN2CCOCC2)C(=O)C(C)O3)cc1OC. The molecule has 1 unspecified atom stereocenters. The van der Waals surface area contributed by atoms with Crippen molar-refractivity contribution in [1.29, 1.82) is 0 Å². The van der Waals surface area contributed by atoms with Crippen molar-refractivity contribution >= 4 is 23.2 Å². The predicted molar refractivity (Wildman–Crippen MR) is 133 cm³/mol. The molecule has 1 atom stereocenters. The number of aryl methyl sites for hydroxylation is 1. The van der Waals surface area contributed by atoms with Gasteiger partial charge in [-0.25, -0.2) is 0 Å². The van der Waals surface area contributed by atoms with Gasteiger partial charge in [0, 0.05) is 38.3 Å². The van der Waals surface area contributed by atoms with Gasteiger partial charge in [0.15, 0.2) is 17.6 Å². The lowest BCUT2D eigenvalue weighted by atomic mass is 10.1. The second kappa shape index (κ2) is 11.4. The fourth-order valence-corrected chi connectivity index (χ4v) is 4.30. The predicted octanol–water partition coefficient (Wildman–Crippen LogP) is 2.72. The van der Waals surface area contributed by atoms with Crippen LogP contribution in [0.4, 0.5) is 11.4 Å². The Morgan fingerprint density at radius 3 is 2.57 bits per heavy atom. The first-order valence-corrected chi connectivity index (χ1v) is 11.9. The molecule has 9 nitrogen and oxygen atoms in total. The number of anilines is 2. The second-order valence-electron chi connectivity index (χ2n) is 8.62. The molecule has 9 heteroatoms. The van der Waals surface area contributed by atoms with E-state index in [1.54, 1.807) is 32.1 Å². The van der Waals surface area contributed by atoms with E-state index in [-0.39, 0.29) is 11.8 Å². The topological polar surface area (TPSA) is 89.6 Å². The van der Waals surface area contributed by atoms with Gasteiger partial charge < -0.3 is 29.2 Å². The molecule has 1 fully saturated rings. The van der Waals surface area contributed by atoms with E-state index in [2.05, 4.69) is 10.2 Å². The highest BCUT2D eigenvalue weighted by Gasteiger charge is 2.32. The fourth-order valence-electron chi connectivity index (χ4n) is 4.30. The Kier molecular flexibility index (Phi) is 8.09. The van der Waals surface area contributed by atoms with Crippen LogP contribution < -0.4 is 24.4 Å². The Labute approximate surface area is 205 Å². The fraction of sp³-hybridized carbons (Fsp3) is 0.462. The minimum absolute atomic E-state index is 0.0808. The molecule has 4 rings (SSSR count). The van der Waals surface area contributed by atoms with Crippen molar-refractivity contribution in [3.05, 3.63) is 42.0 Å². The van der Waals surface area contributed by atoms with Gasteiger partial charge in [-0.2, -0.15) is 0 Å². The summed E-state index contributed by atoms with van der Waals surface area (Å²) in [7, 11) is 3.18. The third-order valence-electron chi connectivity index (χ3n) is 6.28. The summed E-state index contributed by atoms with van der Waals surface area (Å²) in [6.45, 7) is 6.21. The van der Waals surface area contributed by atoms with E-state index in [1.807, 2.05) is 30.3 Å². The summed E-state index contributed by atoms with van der Waals surface area (Å²) in [6, 6.07) is 11.1. The van der Waals surface area contributed by atoms with Gasteiger partial charge in [0.1, 0.15) is 5.75 Å². The smallest absolute Gasteiger partial charge is 0.267 e. The Hall–Kier alpha value is -3.30. The van der Waals surface area contributed by atoms with Crippen molar-refractivity contribution in [1.82, 2.24) is 4.90 Å². The summed E-state index contributed by atoms with van der Waals surface area (Å²) in [5.41, 5.74) is 2.29. The van der Waals surface area contributed by atoms with Crippen LogP contribution in [0.2, 0.25) is 0 Å². The zero-order chi connectivity index (χ0) is 24.8. The zero-order valence-corrected chi connectivity index (χ0v) is 20.5. The average molecular weight is 484 g/mol. The Morgan fingerprint density at radius 1 is 1.06 bits per heavy atom. The van der Waals surface area contributed by atoms with Crippen LogP contribution in [0.25, 0.3) is 0 Å². The summed E-state index contributed by atoms with van der Waals surface area (Å²) in [4.78, 5) is 29.6. The molecule has 1 N–H and O–H groups in total. The molecule has 0 radical (unpaired) electrons. The van der Waals surface area contributed by atoms with E-state index >= 15 is 0 Å². The summed E-state index contributed by atoms with van der Waals surface area (Å²) < 4.78 is 21.8. The Morgan fingerprint density at radius 2 is 1.83 bits per heavy atom. The van der Waals surface area contributed by atoms with Crippen molar-refractivity contribution in [3.63, 3.8) is 0 Å². The number of hydrogen-bond acceptors (Lipinski definition) is 7. The standard InChI is InChI=1S/C26H33N3O6/c1-18-26(31)29(11-10-28-12-14-34-15-13-28)21-17-20(6-8-22(21)35-18)27-25(30)9-5-19-4-7-23(32-2)24(16-19)33-3/h4,6-8,16-18H,5,9-15H2,1-3H3,(H,27,30). The molecule has 0 aromatic heterocycles. The van der Waals surface area contributed by atoms with Gasteiger partial charge in [0.25, 0.3) is 5.91 Å². The maximum Gasteiger partial charge on any atom is 0.267 e. The van der Waals surface area contributed by atoms with Crippen LogP contribution in [0.3, 0.4) is 0 Å². The van der Waals surface area contributed by atoms with E-state index in [0.717, 1.165) is 25.2 Å². The molecule has 2 heterocycles. The molecule has 2 aliphatic rings. The molecular formula is C26H33N3O6. The number of hydrogen-bond donors (Lipinski definition) is 1. The number of methoxy groups -OCH3 is 2. The summed E-state index contributed by atoms with van der Waals surface area (Å²) >= 11 is 0. The number of carbonyl (C=O) groups is 2. The number of carbonyl (C=O) groups excluding carboxylic acids is 2. The van der Waals surface area contributed by atoms with Gasteiger partial charge in [-0.05, 0) is 49.2 Å². The second-order valence-corrected chi connectivity index (χ2v) is 8.62.